The molecule has 0 radical (unpaired) electrons. The Kier molecular flexibility index (Phi) is 4.28. The first-order chi connectivity index (χ1) is 8.54. The molecule has 1 aromatic rings. The third kappa shape index (κ3) is 3.49. The number of rotatable bonds is 3. The standard InChI is InChI=1S/C16H25NO/c1-11-7-12(2)9-16(8-11)18-15-6-4-5-14(10-15)13(3)17/h4-6,10-13,16H,7-9,17H2,1-3H3. The van der Waals surface area contributed by atoms with Crippen molar-refractivity contribution in [2.75, 3.05) is 0 Å². The van der Waals surface area contributed by atoms with E-state index in [0.717, 1.165) is 23.1 Å². The van der Waals surface area contributed by atoms with Crippen molar-refractivity contribution >= 4 is 0 Å². The predicted octanol–water partition coefficient (Wildman–Crippen LogP) is 3.91. The van der Waals surface area contributed by atoms with Gasteiger partial charge in [-0.2, -0.15) is 0 Å². The first-order valence-corrected chi connectivity index (χ1v) is 7.06. The Hall–Kier alpha value is -1.02. The number of nitrogens with two attached hydrogens (primary N) is 1. The van der Waals surface area contributed by atoms with E-state index in [2.05, 4.69) is 26.0 Å². The number of hydrogen-bond donors (Lipinski definition) is 1. The highest BCUT2D eigenvalue weighted by molar-refractivity contribution is 5.30. The third-order valence-corrected chi connectivity index (χ3v) is 3.82. The largest absolute Gasteiger partial charge is 0.490 e. The van der Waals surface area contributed by atoms with E-state index in [0.29, 0.717) is 6.10 Å². The van der Waals surface area contributed by atoms with Crippen LogP contribution in [0.15, 0.2) is 24.3 Å². The summed E-state index contributed by atoms with van der Waals surface area (Å²) in [6.07, 6.45) is 4.05. The lowest BCUT2D eigenvalue weighted by molar-refractivity contribution is 0.101. The van der Waals surface area contributed by atoms with Gasteiger partial charge in [-0.3, -0.25) is 0 Å². The molecule has 2 heteroatoms. The van der Waals surface area contributed by atoms with Crippen molar-refractivity contribution in [2.45, 2.75) is 52.2 Å². The van der Waals surface area contributed by atoms with Crippen LogP contribution in [0.1, 0.15) is 51.6 Å². The monoisotopic (exact) mass is 247 g/mol. The van der Waals surface area contributed by atoms with Crippen LogP contribution in [0.5, 0.6) is 5.75 Å². The molecule has 3 unspecified atom stereocenters. The second-order valence-corrected chi connectivity index (χ2v) is 6.02. The summed E-state index contributed by atoms with van der Waals surface area (Å²) >= 11 is 0. The first-order valence-electron chi connectivity index (χ1n) is 7.06. The summed E-state index contributed by atoms with van der Waals surface area (Å²) in [7, 11) is 0. The molecular formula is C16H25NO. The van der Waals surface area contributed by atoms with Crippen molar-refractivity contribution in [1.82, 2.24) is 0 Å². The van der Waals surface area contributed by atoms with Crippen LogP contribution in [0.4, 0.5) is 0 Å². The SMILES string of the molecule is CC1CC(C)CC(Oc2cccc(C(C)N)c2)C1. The van der Waals surface area contributed by atoms with Gasteiger partial charge in [0.05, 0.1) is 6.10 Å². The van der Waals surface area contributed by atoms with Gasteiger partial charge in [0.25, 0.3) is 0 Å². The van der Waals surface area contributed by atoms with Crippen LogP contribution in [0, 0.1) is 11.8 Å². The fourth-order valence-electron chi connectivity index (χ4n) is 3.03. The lowest BCUT2D eigenvalue weighted by Gasteiger charge is -2.31. The first kappa shape index (κ1) is 13.4. The van der Waals surface area contributed by atoms with Crippen LogP contribution in [0.25, 0.3) is 0 Å². The van der Waals surface area contributed by atoms with E-state index in [1.807, 2.05) is 19.1 Å². The molecule has 100 valence electrons. The van der Waals surface area contributed by atoms with Crippen LogP contribution in [0.3, 0.4) is 0 Å². The second kappa shape index (κ2) is 5.75. The molecule has 0 aliphatic heterocycles. The molecule has 0 bridgehead atoms. The minimum atomic E-state index is 0.0674. The second-order valence-electron chi connectivity index (χ2n) is 6.02. The Balaban J connectivity index is 2.02. The molecule has 0 aromatic heterocycles. The number of ether oxygens (including phenoxy) is 1. The third-order valence-electron chi connectivity index (χ3n) is 3.82. The van der Waals surface area contributed by atoms with Crippen molar-refractivity contribution < 1.29 is 4.74 Å². The van der Waals surface area contributed by atoms with Gasteiger partial charge in [-0.05, 0) is 55.7 Å². The van der Waals surface area contributed by atoms with E-state index in [-0.39, 0.29) is 6.04 Å². The van der Waals surface area contributed by atoms with Gasteiger partial charge in [-0.1, -0.05) is 26.0 Å². The van der Waals surface area contributed by atoms with Gasteiger partial charge in [0.15, 0.2) is 0 Å². The molecule has 1 aliphatic carbocycles. The lowest BCUT2D eigenvalue weighted by Crippen LogP contribution is -2.28. The topological polar surface area (TPSA) is 35.2 Å². The average molecular weight is 247 g/mol. The highest BCUT2D eigenvalue weighted by atomic mass is 16.5. The van der Waals surface area contributed by atoms with Crippen molar-refractivity contribution in [3.05, 3.63) is 29.8 Å². The maximum absolute atomic E-state index is 6.13. The van der Waals surface area contributed by atoms with Crippen LogP contribution >= 0.6 is 0 Å². The van der Waals surface area contributed by atoms with Gasteiger partial charge in [0.1, 0.15) is 5.75 Å². The fraction of sp³-hybridized carbons (Fsp3) is 0.625. The van der Waals surface area contributed by atoms with Crippen LogP contribution in [-0.2, 0) is 0 Å². The van der Waals surface area contributed by atoms with Crippen LogP contribution in [-0.4, -0.2) is 6.10 Å². The summed E-state index contributed by atoms with van der Waals surface area (Å²) in [6.45, 7) is 6.65. The van der Waals surface area contributed by atoms with Crippen LogP contribution in [0.2, 0.25) is 0 Å². The highest BCUT2D eigenvalue weighted by Gasteiger charge is 2.25. The molecule has 0 heterocycles. The van der Waals surface area contributed by atoms with Gasteiger partial charge in [-0.15, -0.1) is 0 Å². The minimum Gasteiger partial charge on any atom is -0.490 e. The van der Waals surface area contributed by atoms with Crippen molar-refractivity contribution in [3.63, 3.8) is 0 Å². The summed E-state index contributed by atoms with van der Waals surface area (Å²) < 4.78 is 6.13. The molecule has 0 spiro atoms. The molecule has 18 heavy (non-hydrogen) atoms. The average Bonchev–Trinajstić information content (AvgIpc) is 2.27. The summed E-state index contributed by atoms with van der Waals surface area (Å²) in [5.74, 6) is 2.52. The summed E-state index contributed by atoms with van der Waals surface area (Å²) in [6, 6.07) is 8.27. The fourth-order valence-corrected chi connectivity index (χ4v) is 3.03. The lowest BCUT2D eigenvalue weighted by atomic mass is 9.82. The van der Waals surface area contributed by atoms with E-state index in [1.165, 1.54) is 19.3 Å². The molecule has 1 aliphatic rings. The highest BCUT2D eigenvalue weighted by Crippen LogP contribution is 2.31. The Morgan fingerprint density at radius 2 is 1.83 bits per heavy atom. The Morgan fingerprint density at radius 1 is 1.17 bits per heavy atom. The maximum Gasteiger partial charge on any atom is 0.120 e. The maximum atomic E-state index is 6.13. The predicted molar refractivity (Wildman–Crippen MR) is 75.6 cm³/mol. The molecule has 2 rings (SSSR count). The van der Waals surface area contributed by atoms with E-state index in [9.17, 15) is 0 Å². The zero-order valence-electron chi connectivity index (χ0n) is 11.7. The molecular weight excluding hydrogens is 222 g/mol. The van der Waals surface area contributed by atoms with Crippen molar-refractivity contribution in [2.24, 2.45) is 17.6 Å². The van der Waals surface area contributed by atoms with E-state index >= 15 is 0 Å². The number of hydrogen-bond acceptors (Lipinski definition) is 2. The summed E-state index contributed by atoms with van der Waals surface area (Å²) in [4.78, 5) is 0. The van der Waals surface area contributed by atoms with Gasteiger partial charge in [0, 0.05) is 6.04 Å². The van der Waals surface area contributed by atoms with Crippen LogP contribution < -0.4 is 10.5 Å². The van der Waals surface area contributed by atoms with E-state index < -0.39 is 0 Å². The quantitative estimate of drug-likeness (QED) is 0.879. The molecule has 1 fully saturated rings. The molecule has 3 atom stereocenters. The molecule has 0 saturated heterocycles. The van der Waals surface area contributed by atoms with E-state index in [4.69, 9.17) is 10.5 Å². The summed E-state index contributed by atoms with van der Waals surface area (Å²) in [5.41, 5.74) is 7.05. The van der Waals surface area contributed by atoms with E-state index in [1.54, 1.807) is 0 Å². The van der Waals surface area contributed by atoms with Gasteiger partial charge < -0.3 is 10.5 Å². The smallest absolute Gasteiger partial charge is 0.120 e. The Labute approximate surface area is 111 Å². The zero-order valence-corrected chi connectivity index (χ0v) is 11.7. The zero-order chi connectivity index (χ0) is 13.1. The number of benzene rings is 1. The molecule has 0 amide bonds. The Bertz CT molecular complexity index is 378. The van der Waals surface area contributed by atoms with Gasteiger partial charge in [0.2, 0.25) is 0 Å². The Morgan fingerprint density at radius 3 is 2.44 bits per heavy atom. The molecule has 1 aromatic carbocycles. The summed E-state index contributed by atoms with van der Waals surface area (Å²) in [5, 5.41) is 0. The normalized spacial score (nSPS) is 29.9. The van der Waals surface area contributed by atoms with Crippen molar-refractivity contribution in [3.8, 4) is 5.75 Å². The molecule has 2 N–H and O–H groups in total. The van der Waals surface area contributed by atoms with Crippen molar-refractivity contribution in [1.29, 1.82) is 0 Å². The van der Waals surface area contributed by atoms with Gasteiger partial charge in [-0.25, -0.2) is 0 Å². The molecule has 2 nitrogen and oxygen atoms in total. The van der Waals surface area contributed by atoms with Gasteiger partial charge >= 0.3 is 0 Å². The molecule has 1 saturated carbocycles. The minimum absolute atomic E-state index is 0.0674.